The number of carbonyl (C=O) groups is 4. The van der Waals surface area contributed by atoms with Gasteiger partial charge in [0.25, 0.3) is 18.2 Å². The SMILES string of the molecule is CN(CC1CCC(n2cc(NC(O)c3ccc4sc(N5CCOCC5)cn34)c(C(F)F)n2)CC1)[C@H]1CC[C@H](Nc2cccc3c2C(=O)N(C2CCC(=O)NC2=O)C3=O)CC1. The number of morpholine rings is 1. The summed E-state index contributed by atoms with van der Waals surface area (Å²) in [5, 5.41) is 25.4. The van der Waals surface area contributed by atoms with Crippen LogP contribution in [0.25, 0.3) is 4.83 Å². The van der Waals surface area contributed by atoms with E-state index in [0.29, 0.717) is 36.6 Å². The third kappa shape index (κ3) is 7.89. The molecule has 3 aromatic heterocycles. The van der Waals surface area contributed by atoms with Gasteiger partial charge in [0.05, 0.1) is 41.8 Å². The highest BCUT2D eigenvalue weighted by molar-refractivity contribution is 7.21. The van der Waals surface area contributed by atoms with E-state index in [1.807, 2.05) is 22.7 Å². The van der Waals surface area contributed by atoms with Crippen molar-refractivity contribution in [1.29, 1.82) is 0 Å². The van der Waals surface area contributed by atoms with E-state index in [1.165, 1.54) is 0 Å². The van der Waals surface area contributed by atoms with Crippen LogP contribution in [0.1, 0.15) is 115 Å². The van der Waals surface area contributed by atoms with Crippen LogP contribution in [0.5, 0.6) is 0 Å². The van der Waals surface area contributed by atoms with Crippen molar-refractivity contribution in [2.24, 2.45) is 5.92 Å². The number of hydrogen-bond donors (Lipinski definition) is 4. The standard InChI is InChI=1S/C42H51F2N9O6S/c1-49(26-11-7-25(8-12-26)45-29-4-2-3-28-36(29)42(58)53(41(28)57)32-13-15-33(54)47-40(32)56)21-24-5-9-27(10-6-24)52-22-30(37(48-52)38(43)44)46-39(55)31-14-16-34-51(31)23-35(60-34)50-17-19-59-20-18-50/h2-4,14,16,22-27,32,38-39,45-46,55H,5-13,15,17-21H2,1H3,(H,47,54,56)/t24?,25-,26-,27?,32?,39?. The molecule has 3 aliphatic heterocycles. The molecule has 6 heterocycles. The number of alkyl halides is 2. The number of rotatable bonds is 12. The number of hydrogen-bond acceptors (Lipinski definition) is 12. The number of amides is 4. The number of piperidine rings is 1. The number of aromatic nitrogens is 3. The first-order chi connectivity index (χ1) is 29.0. The fourth-order valence-corrected chi connectivity index (χ4v) is 10.9. The predicted molar refractivity (Wildman–Crippen MR) is 220 cm³/mol. The van der Waals surface area contributed by atoms with Gasteiger partial charge in [-0.1, -0.05) is 17.4 Å². The second-order valence-corrected chi connectivity index (χ2v) is 17.9. The lowest BCUT2D eigenvalue weighted by atomic mass is 9.84. The van der Waals surface area contributed by atoms with E-state index in [0.717, 1.165) is 85.7 Å². The average molecular weight is 848 g/mol. The molecule has 4 fully saturated rings. The summed E-state index contributed by atoms with van der Waals surface area (Å²) in [4.78, 5) is 57.7. The van der Waals surface area contributed by atoms with E-state index in [4.69, 9.17) is 4.74 Å². The second-order valence-electron chi connectivity index (χ2n) is 16.8. The number of anilines is 3. The molecule has 4 amide bonds. The molecule has 9 rings (SSSR count). The van der Waals surface area contributed by atoms with Crippen LogP contribution in [0.15, 0.2) is 42.7 Å². The Morgan fingerprint density at radius 1 is 0.950 bits per heavy atom. The number of thiazole rings is 1. The third-order valence-electron chi connectivity index (χ3n) is 13.1. The molecule has 1 aromatic carbocycles. The molecule has 2 saturated carbocycles. The summed E-state index contributed by atoms with van der Waals surface area (Å²) in [6.45, 7) is 3.86. The van der Waals surface area contributed by atoms with Crippen molar-refractivity contribution < 1.29 is 37.8 Å². The van der Waals surface area contributed by atoms with Crippen LogP contribution in [-0.4, -0.2) is 111 Å². The number of nitrogens with zero attached hydrogens (tertiary/aromatic N) is 6. The molecule has 2 aliphatic carbocycles. The monoisotopic (exact) mass is 847 g/mol. The summed E-state index contributed by atoms with van der Waals surface area (Å²) < 4.78 is 37.6. The number of carbonyl (C=O) groups excluding carboxylic acids is 4. The van der Waals surface area contributed by atoms with Crippen LogP contribution < -0.4 is 20.9 Å². The fraction of sp³-hybridized carbons (Fsp3) is 0.548. The maximum Gasteiger partial charge on any atom is 0.284 e. The van der Waals surface area contributed by atoms with Crippen LogP contribution in [0, 0.1) is 5.92 Å². The summed E-state index contributed by atoms with van der Waals surface area (Å²) in [5.41, 5.74) is 1.47. The lowest BCUT2D eigenvalue weighted by molar-refractivity contribution is -0.136. The van der Waals surface area contributed by atoms with Crippen molar-refractivity contribution in [2.45, 2.75) is 101 Å². The third-order valence-corrected chi connectivity index (χ3v) is 14.2. The Balaban J connectivity index is 0.761. The Hall–Kier alpha value is -4.91. The number of ether oxygens (including phenoxy) is 1. The van der Waals surface area contributed by atoms with E-state index >= 15 is 0 Å². The van der Waals surface area contributed by atoms with Crippen LogP contribution >= 0.6 is 11.3 Å². The van der Waals surface area contributed by atoms with Gasteiger partial charge in [0.2, 0.25) is 11.8 Å². The van der Waals surface area contributed by atoms with Gasteiger partial charge < -0.3 is 34.7 Å². The summed E-state index contributed by atoms with van der Waals surface area (Å²) >= 11 is 1.62. The van der Waals surface area contributed by atoms with Gasteiger partial charge in [-0.3, -0.25) is 34.1 Å². The van der Waals surface area contributed by atoms with Gasteiger partial charge in [-0.25, -0.2) is 8.78 Å². The van der Waals surface area contributed by atoms with Gasteiger partial charge in [-0.2, -0.15) is 5.10 Å². The number of aliphatic hydroxyl groups excluding tert-OH is 1. The molecule has 4 N–H and O–H groups in total. The first-order valence-electron chi connectivity index (χ1n) is 21.1. The maximum atomic E-state index is 14.3. The highest BCUT2D eigenvalue weighted by Gasteiger charge is 2.46. The highest BCUT2D eigenvalue weighted by atomic mass is 32.1. The van der Waals surface area contributed by atoms with Crippen molar-refractivity contribution in [3.05, 3.63) is 65.2 Å². The molecule has 15 nitrogen and oxygen atoms in total. The lowest BCUT2D eigenvalue weighted by Gasteiger charge is -2.38. The van der Waals surface area contributed by atoms with Crippen LogP contribution in [0.2, 0.25) is 0 Å². The van der Waals surface area contributed by atoms with E-state index in [-0.39, 0.29) is 47.4 Å². The maximum absolute atomic E-state index is 14.3. The summed E-state index contributed by atoms with van der Waals surface area (Å²) in [7, 11) is 2.17. The highest BCUT2D eigenvalue weighted by Crippen LogP contribution is 2.39. The van der Waals surface area contributed by atoms with Crippen molar-refractivity contribution >= 4 is 56.2 Å². The van der Waals surface area contributed by atoms with Crippen LogP contribution in [-0.2, 0) is 14.3 Å². The molecule has 320 valence electrons. The summed E-state index contributed by atoms with van der Waals surface area (Å²) in [6.07, 6.45) is 7.04. The van der Waals surface area contributed by atoms with E-state index in [9.17, 15) is 33.1 Å². The first-order valence-corrected chi connectivity index (χ1v) is 21.9. The number of nitrogens with one attached hydrogen (secondary N) is 3. The minimum Gasteiger partial charge on any atom is -0.382 e. The normalized spacial score (nSPS) is 25.7. The van der Waals surface area contributed by atoms with Crippen molar-refractivity contribution in [2.75, 3.05) is 55.4 Å². The van der Waals surface area contributed by atoms with Crippen molar-refractivity contribution in [1.82, 2.24) is 29.3 Å². The first kappa shape index (κ1) is 40.5. The molecule has 2 unspecified atom stereocenters. The molecule has 4 aromatic rings. The van der Waals surface area contributed by atoms with Crippen molar-refractivity contribution in [3.8, 4) is 0 Å². The van der Waals surface area contributed by atoms with Crippen LogP contribution in [0.4, 0.5) is 25.2 Å². The predicted octanol–water partition coefficient (Wildman–Crippen LogP) is 5.56. The largest absolute Gasteiger partial charge is 0.382 e. The molecular formula is C42H51F2N9O6S. The zero-order valence-electron chi connectivity index (χ0n) is 33.5. The van der Waals surface area contributed by atoms with Gasteiger partial charge >= 0.3 is 0 Å². The molecule has 0 radical (unpaired) electrons. The smallest absolute Gasteiger partial charge is 0.284 e. The lowest BCUT2D eigenvalue weighted by Crippen LogP contribution is -2.54. The average Bonchev–Trinajstić information content (AvgIpc) is 4.02. The zero-order chi connectivity index (χ0) is 41.7. The number of fused-ring (bicyclic) bond motifs is 2. The van der Waals surface area contributed by atoms with Gasteiger partial charge in [0, 0.05) is 56.2 Å². The molecule has 0 spiro atoms. The summed E-state index contributed by atoms with van der Waals surface area (Å²) in [6, 6.07) is 8.39. The molecule has 18 heteroatoms. The Bertz CT molecular complexity index is 2260. The Labute approximate surface area is 350 Å². The number of imide groups is 2. The van der Waals surface area contributed by atoms with E-state index in [2.05, 4.69) is 37.9 Å². The van der Waals surface area contributed by atoms with E-state index < -0.39 is 42.3 Å². The quantitative estimate of drug-likeness (QED) is 0.104. The Morgan fingerprint density at radius 2 is 1.72 bits per heavy atom. The van der Waals surface area contributed by atoms with Crippen molar-refractivity contribution in [3.63, 3.8) is 0 Å². The van der Waals surface area contributed by atoms with Gasteiger partial charge in [-0.15, -0.1) is 0 Å². The number of halogens is 2. The topological polar surface area (TPSA) is 166 Å². The fourth-order valence-electron chi connectivity index (χ4n) is 9.81. The van der Waals surface area contributed by atoms with Gasteiger partial charge in [-0.05, 0) is 95.0 Å². The minimum atomic E-state index is -2.80. The number of benzene rings is 1. The molecule has 2 atom stereocenters. The Kier molecular flexibility index (Phi) is 11.4. The Morgan fingerprint density at radius 3 is 2.45 bits per heavy atom. The molecule has 2 saturated heterocycles. The molecule has 0 bridgehead atoms. The minimum absolute atomic E-state index is 0.0102. The van der Waals surface area contributed by atoms with E-state index in [1.54, 1.807) is 40.4 Å². The second kappa shape index (κ2) is 16.9. The number of aliphatic hydroxyl groups is 1. The van der Waals surface area contributed by atoms with Gasteiger partial charge in [0.15, 0.2) is 11.9 Å². The van der Waals surface area contributed by atoms with Gasteiger partial charge in [0.1, 0.15) is 15.9 Å². The van der Waals surface area contributed by atoms with Crippen LogP contribution in [0.3, 0.4) is 0 Å². The zero-order valence-corrected chi connectivity index (χ0v) is 34.3. The molecule has 60 heavy (non-hydrogen) atoms. The molecule has 5 aliphatic rings. The molecular weight excluding hydrogens is 797 g/mol. The summed E-state index contributed by atoms with van der Waals surface area (Å²) in [5.74, 6) is -1.59.